The van der Waals surface area contributed by atoms with Crippen LogP contribution < -0.4 is 16.2 Å². The van der Waals surface area contributed by atoms with Crippen LogP contribution in [0.1, 0.15) is 58.9 Å². The van der Waals surface area contributed by atoms with Gasteiger partial charge in [0.25, 0.3) is 17.7 Å². The van der Waals surface area contributed by atoms with Crippen LogP contribution in [0.15, 0.2) is 30.3 Å². The molecule has 7 atom stereocenters. The molecule has 0 saturated carbocycles. The molecule has 3 aliphatic heterocycles. The minimum Gasteiger partial charge on any atom is -0.392 e. The fraction of sp³-hybridized carbons (Fsp3) is 0.647. The van der Waals surface area contributed by atoms with E-state index >= 15 is 0 Å². The Hall–Kier alpha value is -4.16. The van der Waals surface area contributed by atoms with E-state index in [0.717, 1.165) is 19.8 Å². The molecule has 0 aliphatic carbocycles. The third-order valence-corrected chi connectivity index (χ3v) is 9.83. The topological polar surface area (TPSA) is 215 Å². The van der Waals surface area contributed by atoms with Crippen molar-refractivity contribution in [3.63, 3.8) is 0 Å². The van der Waals surface area contributed by atoms with E-state index in [0.29, 0.717) is 30.0 Å². The Morgan fingerprint density at radius 3 is 2.18 bits per heavy atom. The number of carbonyl (C=O) groups is 6. The summed E-state index contributed by atoms with van der Waals surface area (Å²) in [6, 6.07) is 1.77. The fourth-order valence-electron chi connectivity index (χ4n) is 6.93. The number of hydrogen-bond donors (Lipinski definition) is 6. The number of hydrazine groups is 2. The van der Waals surface area contributed by atoms with E-state index in [1.54, 1.807) is 44.2 Å². The normalized spacial score (nSPS) is 28.9. The number of β-amino-alcohol motifs (C(OH)–C–C–N with tert-alkyl or cyclic N) is 1. The van der Waals surface area contributed by atoms with Gasteiger partial charge in [0, 0.05) is 40.0 Å². The van der Waals surface area contributed by atoms with E-state index in [2.05, 4.69) is 16.2 Å². The van der Waals surface area contributed by atoms with E-state index < -0.39 is 89.8 Å². The summed E-state index contributed by atoms with van der Waals surface area (Å²) in [7, 11) is 2.63. The number of aliphatic hydroxyl groups is 2. The molecular weight excluding hydrogens is 664 g/mol. The van der Waals surface area contributed by atoms with Gasteiger partial charge in [-0.25, -0.2) is 15.9 Å². The molecule has 17 nitrogen and oxygen atoms in total. The third-order valence-electron chi connectivity index (χ3n) is 9.83. The number of benzene rings is 1. The third kappa shape index (κ3) is 8.84. The molecule has 3 fully saturated rings. The second-order valence-corrected chi connectivity index (χ2v) is 14.3. The van der Waals surface area contributed by atoms with Crippen LogP contribution >= 0.6 is 0 Å². The molecule has 1 aromatic rings. The van der Waals surface area contributed by atoms with Crippen LogP contribution in [0.4, 0.5) is 0 Å². The molecule has 3 aliphatic rings. The van der Waals surface area contributed by atoms with Crippen molar-refractivity contribution in [2.24, 2.45) is 5.92 Å². The van der Waals surface area contributed by atoms with Crippen LogP contribution in [0.5, 0.6) is 0 Å². The van der Waals surface area contributed by atoms with Gasteiger partial charge in [-0.1, -0.05) is 50.6 Å². The summed E-state index contributed by atoms with van der Waals surface area (Å²) in [5, 5.41) is 38.3. The summed E-state index contributed by atoms with van der Waals surface area (Å²) in [6.45, 7) is 5.73. The van der Waals surface area contributed by atoms with Crippen LogP contribution in [-0.4, -0.2) is 151 Å². The minimum atomic E-state index is -1.86. The molecule has 6 amide bonds. The molecule has 17 heteroatoms. The lowest BCUT2D eigenvalue weighted by molar-refractivity contribution is -0.193. The summed E-state index contributed by atoms with van der Waals surface area (Å²) >= 11 is 0. The summed E-state index contributed by atoms with van der Waals surface area (Å²) in [4.78, 5) is 86.6. The monoisotopic (exact) mass is 716 g/mol. The molecule has 282 valence electrons. The lowest BCUT2D eigenvalue weighted by Crippen LogP contribution is -2.70. The SMILES string of the molecule is CC[C@H](C)[C@H]1C(=O)N2NCCCC2C(=O)N(C)[C@@H](C(C)(C)O)C(=O)N2NCC(O)CC2C(=O)N(C)CC(=O)N[C@@H](Cc2ccccc2)C(=O)N1O. The van der Waals surface area contributed by atoms with E-state index in [9.17, 15) is 44.2 Å². The number of nitrogens with zero attached hydrogens (tertiary/aromatic N) is 5. The maximum atomic E-state index is 14.4. The predicted octanol–water partition coefficient (Wildman–Crippen LogP) is -1.62. The molecule has 0 bridgehead atoms. The number of aliphatic hydroxyl groups excluding tert-OH is 1. The number of nitrogens with one attached hydrogen (secondary N) is 3. The maximum Gasteiger partial charge on any atom is 0.269 e. The highest BCUT2D eigenvalue weighted by Crippen LogP contribution is 2.26. The average molecular weight is 717 g/mol. The Labute approximate surface area is 297 Å². The highest BCUT2D eigenvalue weighted by molar-refractivity contribution is 5.97. The first-order chi connectivity index (χ1) is 24.0. The number of likely N-dealkylation sites (N-methyl/N-ethyl adjacent to an activating group) is 2. The Bertz CT molecular complexity index is 1460. The van der Waals surface area contributed by atoms with Gasteiger partial charge in [0.2, 0.25) is 17.7 Å². The highest BCUT2D eigenvalue weighted by atomic mass is 16.5. The molecule has 3 saturated heterocycles. The predicted molar refractivity (Wildman–Crippen MR) is 182 cm³/mol. The van der Waals surface area contributed by atoms with Gasteiger partial charge in [0.05, 0.1) is 18.2 Å². The fourth-order valence-corrected chi connectivity index (χ4v) is 6.93. The van der Waals surface area contributed by atoms with Gasteiger partial charge in [0.15, 0.2) is 0 Å². The van der Waals surface area contributed by atoms with Crippen molar-refractivity contribution < 1.29 is 44.2 Å². The molecule has 4 rings (SSSR count). The second kappa shape index (κ2) is 16.5. The maximum absolute atomic E-state index is 14.4. The molecule has 0 spiro atoms. The first-order valence-electron chi connectivity index (χ1n) is 17.4. The van der Waals surface area contributed by atoms with E-state index in [4.69, 9.17) is 0 Å². The van der Waals surface area contributed by atoms with Crippen molar-refractivity contribution in [1.29, 1.82) is 0 Å². The number of amides is 6. The lowest BCUT2D eigenvalue weighted by Gasteiger charge is -2.46. The first kappa shape index (κ1) is 39.6. The smallest absolute Gasteiger partial charge is 0.269 e. The van der Waals surface area contributed by atoms with Crippen molar-refractivity contribution in [3.05, 3.63) is 35.9 Å². The van der Waals surface area contributed by atoms with Gasteiger partial charge in [-0.3, -0.25) is 44.0 Å². The lowest BCUT2D eigenvalue weighted by atomic mass is 9.93. The zero-order valence-corrected chi connectivity index (χ0v) is 30.1. The molecule has 3 unspecified atom stereocenters. The summed E-state index contributed by atoms with van der Waals surface area (Å²) < 4.78 is 0. The Morgan fingerprint density at radius 1 is 0.902 bits per heavy atom. The Balaban J connectivity index is 1.84. The van der Waals surface area contributed by atoms with Crippen molar-refractivity contribution in [1.82, 2.24) is 41.0 Å². The first-order valence-corrected chi connectivity index (χ1v) is 17.4. The zero-order chi connectivity index (χ0) is 37.8. The van der Waals surface area contributed by atoms with Crippen LogP contribution in [0.3, 0.4) is 0 Å². The highest BCUT2D eigenvalue weighted by Gasteiger charge is 2.50. The van der Waals surface area contributed by atoms with Crippen molar-refractivity contribution in [2.75, 3.05) is 33.7 Å². The number of carbonyl (C=O) groups excluding carboxylic acids is 6. The standard InChI is InChI=1S/C34H52N8O9/c1-7-20(2)27-32(48)40-24(14-11-15-35-40)31(47)39(6)28(34(3,4)50)33(49)41-25(17-22(43)18-36-41)30(46)38(5)19-26(44)37-23(29(45)42(27)51)16-21-12-9-8-10-13-21/h8-10,12-13,20,22-25,27-28,35-36,43,50-51H,7,11,14-19H2,1-6H3,(H,37,44)/t20-,22?,23-,24?,25?,27-,28+/m0/s1. The van der Waals surface area contributed by atoms with E-state index in [-0.39, 0.29) is 25.8 Å². The second-order valence-electron chi connectivity index (χ2n) is 14.3. The molecule has 1 aromatic carbocycles. The summed E-state index contributed by atoms with van der Waals surface area (Å²) in [6.07, 6.45) is -0.338. The molecule has 0 aromatic heterocycles. The Kier molecular flexibility index (Phi) is 12.8. The number of rotatable bonds is 5. The van der Waals surface area contributed by atoms with Gasteiger partial charge in [-0.15, -0.1) is 0 Å². The van der Waals surface area contributed by atoms with Gasteiger partial charge in [0.1, 0.15) is 30.2 Å². The molecule has 3 heterocycles. The van der Waals surface area contributed by atoms with E-state index in [1.807, 2.05) is 0 Å². The molecule has 51 heavy (non-hydrogen) atoms. The van der Waals surface area contributed by atoms with Gasteiger partial charge in [-0.2, -0.15) is 0 Å². The van der Waals surface area contributed by atoms with Gasteiger partial charge >= 0.3 is 0 Å². The number of fused-ring (bicyclic) bond motifs is 2. The average Bonchev–Trinajstić information content (AvgIpc) is 3.09. The summed E-state index contributed by atoms with van der Waals surface area (Å²) in [5.74, 6) is -5.42. The minimum absolute atomic E-state index is 0.0607. The quantitative estimate of drug-likeness (QED) is 0.191. The van der Waals surface area contributed by atoms with Crippen LogP contribution in [0, 0.1) is 5.92 Å². The largest absolute Gasteiger partial charge is 0.392 e. The Morgan fingerprint density at radius 2 is 1.55 bits per heavy atom. The zero-order valence-electron chi connectivity index (χ0n) is 30.1. The van der Waals surface area contributed by atoms with Gasteiger partial charge < -0.3 is 25.3 Å². The van der Waals surface area contributed by atoms with Crippen molar-refractivity contribution >= 4 is 35.4 Å². The molecular formula is C34H52N8O9. The van der Waals surface area contributed by atoms with Gasteiger partial charge in [-0.05, 0) is 38.2 Å². The van der Waals surface area contributed by atoms with Crippen LogP contribution in [-0.2, 0) is 35.2 Å². The van der Waals surface area contributed by atoms with Crippen molar-refractivity contribution in [2.45, 2.75) is 102 Å². The summed E-state index contributed by atoms with van der Waals surface area (Å²) in [5.41, 5.74) is 4.48. The van der Waals surface area contributed by atoms with Crippen LogP contribution in [0.2, 0.25) is 0 Å². The van der Waals surface area contributed by atoms with E-state index in [1.165, 1.54) is 27.9 Å². The van der Waals surface area contributed by atoms with Crippen LogP contribution in [0.25, 0.3) is 0 Å². The molecule has 6 N–H and O–H groups in total. The van der Waals surface area contributed by atoms with Crippen molar-refractivity contribution in [3.8, 4) is 0 Å². The molecule has 0 radical (unpaired) electrons. The number of hydrogen-bond acceptors (Lipinski definition) is 11. The number of hydroxylamine groups is 2.